The monoisotopic (exact) mass is 319 g/mol. The summed E-state index contributed by atoms with van der Waals surface area (Å²) in [6, 6.07) is 4.02. The molecule has 3 nitrogen and oxygen atoms in total. The van der Waals surface area contributed by atoms with Crippen LogP contribution in [0.15, 0.2) is 29.0 Å². The van der Waals surface area contributed by atoms with Gasteiger partial charge in [0.2, 0.25) is 0 Å². The number of fused-ring (bicyclic) bond motifs is 1. The Labute approximate surface area is 122 Å². The lowest BCUT2D eigenvalue weighted by atomic mass is 10.0. The number of aromatic nitrogens is 2. The van der Waals surface area contributed by atoms with Crippen molar-refractivity contribution in [1.29, 1.82) is 0 Å². The van der Waals surface area contributed by atoms with Crippen molar-refractivity contribution >= 4 is 32.7 Å². The molecule has 0 amide bonds. The molecule has 2 aromatic heterocycles. The van der Waals surface area contributed by atoms with E-state index in [1.807, 2.05) is 24.5 Å². The molecule has 1 fully saturated rings. The standard InChI is InChI=1S/C15H18BrN3/c16-12-9-14-15(19-10-12)13(6-8-18-14)17-7-5-11-3-1-2-4-11/h6,8-11H,1-5,7H2,(H,17,18). The Hall–Kier alpha value is -1.16. The fraction of sp³-hybridized carbons (Fsp3) is 0.467. The Balaban J connectivity index is 1.70. The van der Waals surface area contributed by atoms with E-state index in [1.54, 1.807) is 0 Å². The minimum Gasteiger partial charge on any atom is -0.383 e. The molecule has 4 heteroatoms. The molecule has 0 saturated heterocycles. The Morgan fingerprint density at radius 1 is 1.26 bits per heavy atom. The summed E-state index contributed by atoms with van der Waals surface area (Å²) in [4.78, 5) is 8.81. The number of hydrogen-bond donors (Lipinski definition) is 1. The third-order valence-corrected chi connectivity index (χ3v) is 4.32. The SMILES string of the molecule is Brc1cnc2c(NCCC3CCCC3)ccnc2c1. The summed E-state index contributed by atoms with van der Waals surface area (Å²) in [5, 5.41) is 3.52. The predicted molar refractivity (Wildman–Crippen MR) is 82.3 cm³/mol. The van der Waals surface area contributed by atoms with Crippen molar-refractivity contribution < 1.29 is 0 Å². The van der Waals surface area contributed by atoms with E-state index in [4.69, 9.17) is 0 Å². The average Bonchev–Trinajstić information content (AvgIpc) is 2.92. The molecule has 2 aromatic rings. The normalized spacial score (nSPS) is 16.1. The smallest absolute Gasteiger partial charge is 0.112 e. The summed E-state index contributed by atoms with van der Waals surface area (Å²) >= 11 is 3.43. The van der Waals surface area contributed by atoms with Gasteiger partial charge in [0, 0.05) is 23.4 Å². The molecule has 100 valence electrons. The zero-order valence-electron chi connectivity index (χ0n) is 10.9. The molecule has 19 heavy (non-hydrogen) atoms. The van der Waals surface area contributed by atoms with Crippen molar-refractivity contribution in [2.24, 2.45) is 5.92 Å². The van der Waals surface area contributed by atoms with E-state index in [2.05, 4.69) is 31.2 Å². The number of hydrogen-bond acceptors (Lipinski definition) is 3. The molecule has 1 N–H and O–H groups in total. The molecule has 0 aliphatic heterocycles. The first kappa shape index (κ1) is 12.9. The molecule has 1 aliphatic carbocycles. The number of rotatable bonds is 4. The number of nitrogens with one attached hydrogen (secondary N) is 1. The highest BCUT2D eigenvalue weighted by Crippen LogP contribution is 2.28. The maximum absolute atomic E-state index is 4.46. The van der Waals surface area contributed by atoms with Gasteiger partial charge in [-0.25, -0.2) is 0 Å². The lowest BCUT2D eigenvalue weighted by molar-refractivity contribution is 0.519. The molecule has 0 bridgehead atoms. The minimum absolute atomic E-state index is 0.919. The van der Waals surface area contributed by atoms with Gasteiger partial charge in [-0.05, 0) is 40.4 Å². The summed E-state index contributed by atoms with van der Waals surface area (Å²) in [6.45, 7) is 1.03. The topological polar surface area (TPSA) is 37.8 Å². The van der Waals surface area contributed by atoms with Gasteiger partial charge in [-0.15, -0.1) is 0 Å². The van der Waals surface area contributed by atoms with Gasteiger partial charge < -0.3 is 5.32 Å². The number of halogens is 1. The van der Waals surface area contributed by atoms with E-state index < -0.39 is 0 Å². The first-order chi connectivity index (χ1) is 9.33. The maximum Gasteiger partial charge on any atom is 0.112 e. The molecule has 0 atom stereocenters. The van der Waals surface area contributed by atoms with Crippen molar-refractivity contribution in [1.82, 2.24) is 9.97 Å². The third-order valence-electron chi connectivity index (χ3n) is 3.89. The zero-order valence-corrected chi connectivity index (χ0v) is 12.5. The number of nitrogens with zero attached hydrogens (tertiary/aromatic N) is 2. The largest absolute Gasteiger partial charge is 0.383 e. The van der Waals surface area contributed by atoms with Gasteiger partial charge in [-0.2, -0.15) is 0 Å². The van der Waals surface area contributed by atoms with Crippen LogP contribution in [0.1, 0.15) is 32.1 Å². The first-order valence-electron chi connectivity index (χ1n) is 6.97. The Morgan fingerprint density at radius 2 is 2.11 bits per heavy atom. The van der Waals surface area contributed by atoms with E-state index in [9.17, 15) is 0 Å². The highest BCUT2D eigenvalue weighted by atomic mass is 79.9. The van der Waals surface area contributed by atoms with Crippen LogP contribution in [0.4, 0.5) is 5.69 Å². The van der Waals surface area contributed by atoms with Crippen LogP contribution in [0.2, 0.25) is 0 Å². The van der Waals surface area contributed by atoms with Crippen molar-refractivity contribution in [3.8, 4) is 0 Å². The van der Waals surface area contributed by atoms with Crippen LogP contribution < -0.4 is 5.32 Å². The second-order valence-corrected chi connectivity index (χ2v) is 6.16. The van der Waals surface area contributed by atoms with E-state index in [0.29, 0.717) is 0 Å². The van der Waals surface area contributed by atoms with Gasteiger partial charge in [0.15, 0.2) is 0 Å². The molecular formula is C15H18BrN3. The van der Waals surface area contributed by atoms with Gasteiger partial charge in [0.05, 0.1) is 11.2 Å². The molecule has 1 saturated carbocycles. The number of pyridine rings is 2. The molecule has 0 radical (unpaired) electrons. The van der Waals surface area contributed by atoms with Gasteiger partial charge in [0.1, 0.15) is 5.52 Å². The van der Waals surface area contributed by atoms with Crippen molar-refractivity contribution in [2.75, 3.05) is 11.9 Å². The molecular weight excluding hydrogens is 302 g/mol. The quantitative estimate of drug-likeness (QED) is 0.908. The Morgan fingerprint density at radius 3 is 2.95 bits per heavy atom. The summed E-state index contributed by atoms with van der Waals surface area (Å²) in [5.74, 6) is 0.919. The lowest BCUT2D eigenvalue weighted by Crippen LogP contribution is -2.07. The van der Waals surface area contributed by atoms with Gasteiger partial charge >= 0.3 is 0 Å². The number of anilines is 1. The molecule has 1 aliphatic rings. The van der Waals surface area contributed by atoms with Crippen LogP contribution in [-0.2, 0) is 0 Å². The lowest BCUT2D eigenvalue weighted by Gasteiger charge is -2.12. The average molecular weight is 320 g/mol. The van der Waals surface area contributed by atoms with Gasteiger partial charge in [-0.1, -0.05) is 25.7 Å². The van der Waals surface area contributed by atoms with Crippen molar-refractivity contribution in [3.05, 3.63) is 29.0 Å². The summed E-state index contributed by atoms with van der Waals surface area (Å²) in [5.41, 5.74) is 2.98. The molecule has 0 spiro atoms. The van der Waals surface area contributed by atoms with E-state index in [1.165, 1.54) is 32.1 Å². The van der Waals surface area contributed by atoms with Crippen LogP contribution in [0.25, 0.3) is 11.0 Å². The van der Waals surface area contributed by atoms with E-state index in [-0.39, 0.29) is 0 Å². The second-order valence-electron chi connectivity index (χ2n) is 5.25. The summed E-state index contributed by atoms with van der Waals surface area (Å²) < 4.78 is 0.968. The zero-order chi connectivity index (χ0) is 13.1. The molecule has 3 rings (SSSR count). The molecule has 2 heterocycles. The van der Waals surface area contributed by atoms with Gasteiger partial charge in [-0.3, -0.25) is 9.97 Å². The maximum atomic E-state index is 4.46. The summed E-state index contributed by atoms with van der Waals surface area (Å²) in [6.07, 6.45) is 10.6. The van der Waals surface area contributed by atoms with Crippen LogP contribution in [0, 0.1) is 5.92 Å². The second kappa shape index (κ2) is 5.87. The third kappa shape index (κ3) is 3.06. The first-order valence-corrected chi connectivity index (χ1v) is 7.76. The van der Waals surface area contributed by atoms with Crippen LogP contribution in [0.5, 0.6) is 0 Å². The van der Waals surface area contributed by atoms with Crippen molar-refractivity contribution in [2.45, 2.75) is 32.1 Å². The molecule has 0 unspecified atom stereocenters. The Bertz CT molecular complexity index is 564. The molecule has 0 aromatic carbocycles. The van der Waals surface area contributed by atoms with Crippen molar-refractivity contribution in [3.63, 3.8) is 0 Å². The van der Waals surface area contributed by atoms with Crippen LogP contribution in [0.3, 0.4) is 0 Å². The fourth-order valence-corrected chi connectivity index (χ4v) is 3.18. The van der Waals surface area contributed by atoms with Gasteiger partial charge in [0.25, 0.3) is 0 Å². The summed E-state index contributed by atoms with van der Waals surface area (Å²) in [7, 11) is 0. The minimum atomic E-state index is 0.919. The van der Waals surface area contributed by atoms with Crippen LogP contribution in [-0.4, -0.2) is 16.5 Å². The fourth-order valence-electron chi connectivity index (χ4n) is 2.86. The predicted octanol–water partition coefficient (Wildman–Crippen LogP) is 4.38. The van der Waals surface area contributed by atoms with E-state index in [0.717, 1.165) is 33.7 Å². The van der Waals surface area contributed by atoms with Crippen LogP contribution >= 0.6 is 15.9 Å². The Kier molecular flexibility index (Phi) is 3.97. The highest BCUT2D eigenvalue weighted by Gasteiger charge is 2.14. The highest BCUT2D eigenvalue weighted by molar-refractivity contribution is 9.10. The van der Waals surface area contributed by atoms with E-state index >= 15 is 0 Å².